The Hall–Kier alpha value is -1.75. The standard InChI is InChI=1S/C16H21NO4/c1-11-9-19-10-12(2)17(11)16(18)8-13-3-4-14-15(7-13)21-6-5-20-14/h3-4,7,11-12H,5-6,8-10H2,1-2H3. The van der Waals surface area contributed by atoms with E-state index in [0.717, 1.165) is 17.1 Å². The molecule has 0 aliphatic carbocycles. The Labute approximate surface area is 124 Å². The number of carbonyl (C=O) groups is 1. The maximum atomic E-state index is 12.6. The fourth-order valence-corrected chi connectivity index (χ4v) is 2.96. The van der Waals surface area contributed by atoms with Gasteiger partial charge in [-0.25, -0.2) is 0 Å². The number of rotatable bonds is 2. The van der Waals surface area contributed by atoms with Crippen LogP contribution < -0.4 is 9.47 Å². The van der Waals surface area contributed by atoms with E-state index in [1.54, 1.807) is 0 Å². The number of hydrogen-bond donors (Lipinski definition) is 0. The van der Waals surface area contributed by atoms with Gasteiger partial charge in [-0.3, -0.25) is 4.79 Å². The fraction of sp³-hybridized carbons (Fsp3) is 0.562. The second-order valence-electron chi connectivity index (χ2n) is 5.69. The Morgan fingerprint density at radius 1 is 1.14 bits per heavy atom. The fourth-order valence-electron chi connectivity index (χ4n) is 2.96. The summed E-state index contributed by atoms with van der Waals surface area (Å²) in [4.78, 5) is 14.5. The molecule has 2 unspecified atom stereocenters. The maximum Gasteiger partial charge on any atom is 0.227 e. The molecule has 0 aromatic heterocycles. The normalized spacial score (nSPS) is 24.8. The van der Waals surface area contributed by atoms with Crippen molar-refractivity contribution in [2.75, 3.05) is 26.4 Å². The highest BCUT2D eigenvalue weighted by Gasteiger charge is 2.29. The summed E-state index contributed by atoms with van der Waals surface area (Å²) in [5.41, 5.74) is 0.954. The minimum absolute atomic E-state index is 0.124. The largest absolute Gasteiger partial charge is 0.486 e. The average Bonchev–Trinajstić information content (AvgIpc) is 2.47. The van der Waals surface area contributed by atoms with Crippen molar-refractivity contribution in [1.29, 1.82) is 0 Å². The Bertz CT molecular complexity index is 521. The van der Waals surface area contributed by atoms with Crippen LogP contribution in [-0.2, 0) is 16.0 Å². The smallest absolute Gasteiger partial charge is 0.227 e. The maximum absolute atomic E-state index is 12.6. The number of carbonyl (C=O) groups excluding carboxylic acids is 1. The summed E-state index contributed by atoms with van der Waals surface area (Å²) in [6.45, 7) is 6.40. The van der Waals surface area contributed by atoms with Gasteiger partial charge in [0.1, 0.15) is 13.2 Å². The number of ether oxygens (including phenoxy) is 3. The van der Waals surface area contributed by atoms with Crippen LogP contribution in [-0.4, -0.2) is 49.3 Å². The molecule has 1 amide bonds. The van der Waals surface area contributed by atoms with Gasteiger partial charge in [0, 0.05) is 0 Å². The minimum atomic E-state index is 0.124. The lowest BCUT2D eigenvalue weighted by Gasteiger charge is -2.39. The molecule has 114 valence electrons. The van der Waals surface area contributed by atoms with Crippen LogP contribution >= 0.6 is 0 Å². The molecule has 2 aliphatic rings. The van der Waals surface area contributed by atoms with Crippen molar-refractivity contribution >= 4 is 5.91 Å². The number of fused-ring (bicyclic) bond motifs is 1. The molecule has 5 heteroatoms. The van der Waals surface area contributed by atoms with E-state index in [0.29, 0.717) is 32.8 Å². The van der Waals surface area contributed by atoms with Crippen molar-refractivity contribution in [3.05, 3.63) is 23.8 Å². The van der Waals surface area contributed by atoms with Crippen LogP contribution in [0, 0.1) is 0 Å². The van der Waals surface area contributed by atoms with Crippen molar-refractivity contribution in [2.45, 2.75) is 32.4 Å². The van der Waals surface area contributed by atoms with E-state index >= 15 is 0 Å². The first-order chi connectivity index (χ1) is 10.1. The van der Waals surface area contributed by atoms with E-state index in [-0.39, 0.29) is 18.0 Å². The van der Waals surface area contributed by atoms with Gasteiger partial charge in [-0.05, 0) is 31.5 Å². The first kappa shape index (κ1) is 14.2. The van der Waals surface area contributed by atoms with Gasteiger partial charge in [-0.1, -0.05) is 6.07 Å². The molecule has 1 fully saturated rings. The van der Waals surface area contributed by atoms with E-state index in [9.17, 15) is 4.79 Å². The summed E-state index contributed by atoms with van der Waals surface area (Å²) < 4.78 is 16.5. The highest BCUT2D eigenvalue weighted by atomic mass is 16.6. The molecule has 3 rings (SSSR count). The molecule has 0 saturated carbocycles. The van der Waals surface area contributed by atoms with Crippen molar-refractivity contribution in [2.24, 2.45) is 0 Å². The third-order valence-electron chi connectivity index (χ3n) is 3.92. The zero-order chi connectivity index (χ0) is 14.8. The van der Waals surface area contributed by atoms with Gasteiger partial charge in [0.2, 0.25) is 5.91 Å². The summed E-state index contributed by atoms with van der Waals surface area (Å²) in [6.07, 6.45) is 0.380. The number of benzene rings is 1. The quantitative estimate of drug-likeness (QED) is 0.831. The Kier molecular flexibility index (Phi) is 4.01. The van der Waals surface area contributed by atoms with Gasteiger partial charge >= 0.3 is 0 Å². The molecule has 0 radical (unpaired) electrons. The predicted molar refractivity (Wildman–Crippen MR) is 77.7 cm³/mol. The van der Waals surface area contributed by atoms with Crippen molar-refractivity contribution < 1.29 is 19.0 Å². The van der Waals surface area contributed by atoms with Gasteiger partial charge < -0.3 is 19.1 Å². The monoisotopic (exact) mass is 291 g/mol. The lowest BCUT2D eigenvalue weighted by molar-refractivity contribution is -0.143. The second-order valence-corrected chi connectivity index (χ2v) is 5.69. The van der Waals surface area contributed by atoms with Gasteiger partial charge in [0.05, 0.1) is 31.7 Å². The van der Waals surface area contributed by atoms with Crippen LogP contribution in [0.2, 0.25) is 0 Å². The van der Waals surface area contributed by atoms with Crippen LogP contribution in [0.25, 0.3) is 0 Å². The molecule has 2 atom stereocenters. The van der Waals surface area contributed by atoms with Crippen LogP contribution in [0.3, 0.4) is 0 Å². The van der Waals surface area contributed by atoms with Gasteiger partial charge in [-0.15, -0.1) is 0 Å². The van der Waals surface area contributed by atoms with Crippen molar-refractivity contribution in [3.8, 4) is 11.5 Å². The molecule has 1 saturated heterocycles. The van der Waals surface area contributed by atoms with Crippen LogP contribution in [0.5, 0.6) is 11.5 Å². The van der Waals surface area contributed by atoms with E-state index in [4.69, 9.17) is 14.2 Å². The summed E-state index contributed by atoms with van der Waals surface area (Å²) in [7, 11) is 0. The number of hydrogen-bond acceptors (Lipinski definition) is 4. The van der Waals surface area contributed by atoms with Crippen molar-refractivity contribution in [3.63, 3.8) is 0 Å². The average molecular weight is 291 g/mol. The molecule has 0 bridgehead atoms. The molecule has 0 spiro atoms. The van der Waals surface area contributed by atoms with Gasteiger partial charge in [0.25, 0.3) is 0 Å². The van der Waals surface area contributed by atoms with Crippen LogP contribution in [0.1, 0.15) is 19.4 Å². The minimum Gasteiger partial charge on any atom is -0.486 e. The zero-order valence-corrected chi connectivity index (χ0v) is 12.5. The lowest BCUT2D eigenvalue weighted by Crippen LogP contribution is -2.53. The molecular weight excluding hydrogens is 270 g/mol. The molecule has 2 heterocycles. The van der Waals surface area contributed by atoms with Crippen molar-refractivity contribution in [1.82, 2.24) is 4.90 Å². The Morgan fingerprint density at radius 2 is 1.81 bits per heavy atom. The topological polar surface area (TPSA) is 48.0 Å². The highest BCUT2D eigenvalue weighted by molar-refractivity contribution is 5.79. The highest BCUT2D eigenvalue weighted by Crippen LogP contribution is 2.31. The predicted octanol–water partition coefficient (Wildman–Crippen LogP) is 1.64. The molecule has 21 heavy (non-hydrogen) atoms. The molecular formula is C16H21NO4. The number of nitrogens with zero attached hydrogens (tertiary/aromatic N) is 1. The molecule has 5 nitrogen and oxygen atoms in total. The third kappa shape index (κ3) is 2.97. The van der Waals surface area contributed by atoms with E-state index in [2.05, 4.69) is 0 Å². The summed E-state index contributed by atoms with van der Waals surface area (Å²) >= 11 is 0. The summed E-state index contributed by atoms with van der Waals surface area (Å²) in [5, 5.41) is 0. The molecule has 2 aliphatic heterocycles. The number of amides is 1. The van der Waals surface area contributed by atoms with Crippen LogP contribution in [0.15, 0.2) is 18.2 Å². The molecule has 1 aromatic carbocycles. The molecule has 1 aromatic rings. The molecule has 0 N–H and O–H groups in total. The first-order valence-corrected chi connectivity index (χ1v) is 7.42. The summed E-state index contributed by atoms with van der Waals surface area (Å²) in [5.74, 6) is 1.62. The second kappa shape index (κ2) is 5.93. The van der Waals surface area contributed by atoms with Crippen LogP contribution in [0.4, 0.5) is 0 Å². The summed E-state index contributed by atoms with van der Waals surface area (Å²) in [6, 6.07) is 5.96. The first-order valence-electron chi connectivity index (χ1n) is 7.42. The lowest BCUT2D eigenvalue weighted by atomic mass is 10.1. The number of morpholine rings is 1. The van der Waals surface area contributed by atoms with E-state index in [1.165, 1.54) is 0 Å². The zero-order valence-electron chi connectivity index (χ0n) is 12.5. The SMILES string of the molecule is CC1COCC(C)N1C(=O)Cc1ccc2c(c1)OCCO2. The Balaban J connectivity index is 1.72. The van der Waals surface area contributed by atoms with Gasteiger partial charge in [-0.2, -0.15) is 0 Å². The van der Waals surface area contributed by atoms with Gasteiger partial charge in [0.15, 0.2) is 11.5 Å². The third-order valence-corrected chi connectivity index (χ3v) is 3.92. The van der Waals surface area contributed by atoms with E-state index in [1.807, 2.05) is 36.9 Å². The Morgan fingerprint density at radius 3 is 2.52 bits per heavy atom. The van der Waals surface area contributed by atoms with E-state index < -0.39 is 0 Å².